The molecule has 8 aliphatic rings. The number of benzene rings is 4. The van der Waals surface area contributed by atoms with E-state index in [0.29, 0.717) is 34.4 Å². The summed E-state index contributed by atoms with van der Waals surface area (Å²) in [6, 6.07) is 24.9. The van der Waals surface area contributed by atoms with E-state index in [0.717, 1.165) is 89.5 Å². The van der Waals surface area contributed by atoms with E-state index in [1.807, 2.05) is 30.3 Å². The van der Waals surface area contributed by atoms with Gasteiger partial charge in [-0.25, -0.2) is 13.8 Å². The van der Waals surface area contributed by atoms with E-state index in [-0.39, 0.29) is 67.5 Å². The Labute approximate surface area is 373 Å². The summed E-state index contributed by atoms with van der Waals surface area (Å²) in [6.45, 7) is 18.3. The summed E-state index contributed by atoms with van der Waals surface area (Å²) in [5.41, 5.74) is 9.45. The molecular formula is C58H65F2NO2. The molecule has 2 N–H and O–H groups in total. The largest absolute Gasteiger partial charge is 0.507 e. The smallest absolute Gasteiger partial charge is 0.127 e. The molecule has 0 radical (unpaired) electrons. The van der Waals surface area contributed by atoms with Gasteiger partial charge in [-0.15, -0.1) is 0 Å². The van der Waals surface area contributed by atoms with Gasteiger partial charge in [0.1, 0.15) is 23.1 Å². The minimum Gasteiger partial charge on any atom is -0.507 e. The first-order valence-corrected chi connectivity index (χ1v) is 24.0. The summed E-state index contributed by atoms with van der Waals surface area (Å²) in [6.07, 6.45) is 12.0. The van der Waals surface area contributed by atoms with Gasteiger partial charge in [0.2, 0.25) is 0 Å². The Hall–Kier alpha value is -4.51. The zero-order valence-corrected chi connectivity index (χ0v) is 38.7. The van der Waals surface area contributed by atoms with Crippen molar-refractivity contribution in [2.75, 3.05) is 0 Å². The first kappa shape index (κ1) is 41.2. The van der Waals surface area contributed by atoms with Gasteiger partial charge in [-0.3, -0.25) is 0 Å². The summed E-state index contributed by atoms with van der Waals surface area (Å²) in [5.74, 6) is 1.37. The highest BCUT2D eigenvalue weighted by Crippen LogP contribution is 2.77. The van der Waals surface area contributed by atoms with E-state index in [9.17, 15) is 10.2 Å². The lowest BCUT2D eigenvalue weighted by Crippen LogP contribution is -2.56. The van der Waals surface area contributed by atoms with Crippen molar-refractivity contribution in [3.8, 4) is 56.3 Å². The number of halogens is 2. The van der Waals surface area contributed by atoms with Gasteiger partial charge in [-0.2, -0.15) is 0 Å². The number of rotatable bonds is 8. The van der Waals surface area contributed by atoms with Crippen LogP contribution in [0.1, 0.15) is 160 Å². The lowest BCUT2D eigenvalue weighted by molar-refractivity contribution is -0.110. The van der Waals surface area contributed by atoms with E-state index in [1.54, 1.807) is 12.1 Å². The first-order chi connectivity index (χ1) is 29.7. The van der Waals surface area contributed by atoms with Crippen LogP contribution in [0.15, 0.2) is 78.9 Å². The maximum atomic E-state index is 16.3. The summed E-state index contributed by atoms with van der Waals surface area (Å²) >= 11 is 0. The fourth-order valence-corrected chi connectivity index (χ4v) is 17.0. The van der Waals surface area contributed by atoms with Crippen molar-refractivity contribution < 1.29 is 19.0 Å². The SMILES string of the molecule is CC(C)c1ccc(-c2cc(F)cc(C34CC5CC(C)(CC(C)(C5)C3)C4)c2O)c(-c2cccc(-c3cc(C(C)C)ccc3-c3cc(F)cc(C45CC6CC(C)(CC4(C)C6)C5)c3O)n2)c1. The summed E-state index contributed by atoms with van der Waals surface area (Å²) in [7, 11) is 0. The van der Waals surface area contributed by atoms with Crippen molar-refractivity contribution in [2.45, 2.75) is 149 Å². The Bertz CT molecular complexity index is 2720. The molecule has 328 valence electrons. The van der Waals surface area contributed by atoms with Crippen LogP contribution in [0.25, 0.3) is 44.8 Å². The number of phenolic OH excluding ortho intramolecular Hbond substituents is 2. The zero-order valence-electron chi connectivity index (χ0n) is 38.7. The number of pyridine rings is 1. The number of phenols is 2. The number of aromatic hydroxyl groups is 2. The van der Waals surface area contributed by atoms with E-state index < -0.39 is 0 Å². The lowest BCUT2D eigenvalue weighted by atomic mass is 9.39. The third kappa shape index (κ3) is 6.24. The molecule has 8 aliphatic carbocycles. The average molecular weight is 846 g/mol. The molecule has 13 rings (SSSR count). The highest BCUT2D eigenvalue weighted by atomic mass is 19.1. The molecule has 0 amide bonds. The van der Waals surface area contributed by atoms with E-state index in [4.69, 9.17) is 4.98 Å². The van der Waals surface area contributed by atoms with Gasteiger partial charge in [0, 0.05) is 44.2 Å². The van der Waals surface area contributed by atoms with Crippen molar-refractivity contribution in [2.24, 2.45) is 33.5 Å². The Balaban J connectivity index is 1.06. The molecule has 8 bridgehead atoms. The molecular weight excluding hydrogens is 781 g/mol. The van der Waals surface area contributed by atoms with Crippen LogP contribution in [-0.2, 0) is 10.8 Å². The molecule has 6 unspecified atom stereocenters. The normalized spacial score (nSPS) is 33.7. The van der Waals surface area contributed by atoms with Gasteiger partial charge in [-0.1, -0.05) is 85.7 Å². The summed E-state index contributed by atoms with van der Waals surface area (Å²) in [4.78, 5) is 5.42. The number of hydrogen-bond donors (Lipinski definition) is 2. The van der Waals surface area contributed by atoms with E-state index >= 15 is 8.78 Å². The molecule has 1 heterocycles. The summed E-state index contributed by atoms with van der Waals surface area (Å²) in [5, 5.41) is 25.1. The fraction of sp³-hybridized carbons (Fsp3) is 0.500. The van der Waals surface area contributed by atoms with Crippen LogP contribution < -0.4 is 0 Å². The Morgan fingerprint density at radius 1 is 0.508 bits per heavy atom. The molecule has 4 aromatic carbocycles. The number of hydrogen-bond acceptors (Lipinski definition) is 3. The molecule has 0 saturated heterocycles. The van der Waals surface area contributed by atoms with Crippen LogP contribution in [0.4, 0.5) is 8.78 Å². The highest BCUT2D eigenvalue weighted by molar-refractivity contribution is 5.89. The van der Waals surface area contributed by atoms with Crippen molar-refractivity contribution in [1.82, 2.24) is 4.98 Å². The maximum absolute atomic E-state index is 16.3. The van der Waals surface area contributed by atoms with Gasteiger partial charge in [0.25, 0.3) is 0 Å². The molecule has 63 heavy (non-hydrogen) atoms. The third-order valence-electron chi connectivity index (χ3n) is 18.0. The second kappa shape index (κ2) is 13.5. The molecule has 0 aliphatic heterocycles. The van der Waals surface area contributed by atoms with Crippen molar-refractivity contribution in [3.05, 3.63) is 113 Å². The van der Waals surface area contributed by atoms with Crippen LogP contribution >= 0.6 is 0 Å². The Morgan fingerprint density at radius 3 is 1.51 bits per heavy atom. The average Bonchev–Trinajstić information content (AvgIpc) is 3.50. The molecule has 5 heteroatoms. The molecule has 1 aromatic heterocycles. The minimum absolute atomic E-state index is 0.0259. The molecule has 6 atom stereocenters. The molecule has 8 fully saturated rings. The van der Waals surface area contributed by atoms with Crippen molar-refractivity contribution in [3.63, 3.8) is 0 Å². The van der Waals surface area contributed by atoms with Gasteiger partial charge in [0.05, 0.1) is 11.4 Å². The monoisotopic (exact) mass is 845 g/mol. The van der Waals surface area contributed by atoms with Crippen LogP contribution in [0.3, 0.4) is 0 Å². The topological polar surface area (TPSA) is 53.4 Å². The Kier molecular flexibility index (Phi) is 8.84. The second-order valence-corrected chi connectivity index (χ2v) is 24.2. The van der Waals surface area contributed by atoms with Crippen LogP contribution in [0.5, 0.6) is 11.5 Å². The van der Waals surface area contributed by atoms with Gasteiger partial charge in [-0.05, 0) is 187 Å². The van der Waals surface area contributed by atoms with E-state index in [1.165, 1.54) is 37.8 Å². The quantitative estimate of drug-likeness (QED) is 0.164. The molecule has 8 saturated carbocycles. The molecule has 5 aromatic rings. The lowest BCUT2D eigenvalue weighted by Gasteiger charge is -2.65. The van der Waals surface area contributed by atoms with Crippen LogP contribution in [-0.4, -0.2) is 15.2 Å². The predicted octanol–water partition coefficient (Wildman–Crippen LogP) is 15.8. The zero-order chi connectivity index (χ0) is 44.2. The fourth-order valence-electron chi connectivity index (χ4n) is 17.0. The predicted molar refractivity (Wildman–Crippen MR) is 251 cm³/mol. The van der Waals surface area contributed by atoms with Gasteiger partial charge >= 0.3 is 0 Å². The standard InChI is InChI=1S/C58H65F2NO2/c1-33(2)37-12-14-41(45-18-39(59)20-47(51(45)62)57-26-35-22-53(5,30-57)28-54(6,23-35)31-57)43(16-37)49-10-9-11-50(61-49)44-17-38(34(3)4)13-15-42(44)46-19-40(60)21-48(52(46)63)58-27-36-24-55(7,32-58)29-56(58,8)25-36/h9-21,33-36,62-63H,22-32H2,1-8H3. The van der Waals surface area contributed by atoms with Crippen LogP contribution in [0, 0.1) is 45.1 Å². The summed E-state index contributed by atoms with van der Waals surface area (Å²) < 4.78 is 32.5. The molecule has 3 nitrogen and oxygen atoms in total. The van der Waals surface area contributed by atoms with Crippen molar-refractivity contribution >= 4 is 0 Å². The van der Waals surface area contributed by atoms with Gasteiger partial charge < -0.3 is 10.2 Å². The maximum Gasteiger partial charge on any atom is 0.127 e. The first-order valence-electron chi connectivity index (χ1n) is 24.0. The minimum atomic E-state index is -0.325. The molecule has 0 spiro atoms. The number of nitrogens with zero attached hydrogens (tertiary/aromatic N) is 1. The van der Waals surface area contributed by atoms with E-state index in [2.05, 4.69) is 79.7 Å². The van der Waals surface area contributed by atoms with Crippen LogP contribution in [0.2, 0.25) is 0 Å². The Morgan fingerprint density at radius 2 is 1.00 bits per heavy atom. The van der Waals surface area contributed by atoms with Gasteiger partial charge in [0.15, 0.2) is 0 Å². The van der Waals surface area contributed by atoms with Crippen molar-refractivity contribution in [1.29, 1.82) is 0 Å². The third-order valence-corrected chi connectivity index (χ3v) is 18.0. The number of aromatic nitrogens is 1. The highest BCUT2D eigenvalue weighted by Gasteiger charge is 2.69. The second-order valence-electron chi connectivity index (χ2n) is 24.2.